The maximum atomic E-state index is 13.5. The smallest absolute Gasteiger partial charge is 0.317 e. The number of sulfonamides is 1. The Morgan fingerprint density at radius 1 is 1.39 bits per heavy atom. The summed E-state index contributed by atoms with van der Waals surface area (Å²) in [5.74, 6) is 6.73. The van der Waals surface area contributed by atoms with E-state index in [-0.39, 0.29) is 42.3 Å². The highest BCUT2D eigenvalue weighted by molar-refractivity contribution is 7.89. The van der Waals surface area contributed by atoms with Crippen LogP contribution in [0.25, 0.3) is 0 Å². The van der Waals surface area contributed by atoms with Gasteiger partial charge in [-0.1, -0.05) is 25.7 Å². The molecule has 1 aromatic rings. The van der Waals surface area contributed by atoms with Crippen molar-refractivity contribution in [2.24, 2.45) is 11.8 Å². The van der Waals surface area contributed by atoms with E-state index in [1.165, 1.54) is 10.4 Å². The molecule has 33 heavy (non-hydrogen) atoms. The highest BCUT2D eigenvalue weighted by atomic mass is 32.2. The van der Waals surface area contributed by atoms with Crippen molar-refractivity contribution in [2.45, 2.75) is 57.1 Å². The number of rotatable bonds is 6. The third-order valence-corrected chi connectivity index (χ3v) is 8.01. The van der Waals surface area contributed by atoms with Crippen molar-refractivity contribution >= 4 is 16.1 Å². The second kappa shape index (κ2) is 10.8. The molecule has 1 aliphatic carbocycles. The van der Waals surface area contributed by atoms with Gasteiger partial charge in [-0.25, -0.2) is 13.2 Å². The largest absolute Gasteiger partial charge is 0.487 e. The summed E-state index contributed by atoms with van der Waals surface area (Å²) in [5.41, 5.74) is 0.693. The van der Waals surface area contributed by atoms with Crippen molar-refractivity contribution in [3.05, 3.63) is 23.8 Å². The molecule has 1 saturated carbocycles. The lowest BCUT2D eigenvalue weighted by Gasteiger charge is -2.37. The van der Waals surface area contributed by atoms with Crippen LogP contribution < -0.4 is 10.1 Å². The Hall–Kier alpha value is -2.28. The zero-order valence-electron chi connectivity index (χ0n) is 19.9. The van der Waals surface area contributed by atoms with Crippen LogP contribution in [0.1, 0.15) is 45.6 Å². The molecule has 0 bridgehead atoms. The first kappa shape index (κ1) is 25.3. The summed E-state index contributed by atoms with van der Waals surface area (Å²) in [6.07, 6.45) is 2.59. The summed E-state index contributed by atoms with van der Waals surface area (Å²) in [4.78, 5) is 14.0. The van der Waals surface area contributed by atoms with E-state index < -0.39 is 22.2 Å². The summed E-state index contributed by atoms with van der Waals surface area (Å²) in [6.45, 7) is 6.31. The van der Waals surface area contributed by atoms with Gasteiger partial charge in [-0.3, -0.25) is 0 Å². The maximum absolute atomic E-state index is 13.5. The highest BCUT2D eigenvalue weighted by Crippen LogP contribution is 2.34. The van der Waals surface area contributed by atoms with Crippen molar-refractivity contribution in [1.82, 2.24) is 14.5 Å². The van der Waals surface area contributed by atoms with Gasteiger partial charge in [-0.05, 0) is 44.4 Å². The van der Waals surface area contributed by atoms with Crippen LogP contribution in [0, 0.1) is 23.7 Å². The number of nitrogens with zero attached hydrogens (tertiary/aromatic N) is 2. The first-order valence-electron chi connectivity index (χ1n) is 11.6. The van der Waals surface area contributed by atoms with Gasteiger partial charge >= 0.3 is 6.03 Å². The molecule has 2 N–H and O–H groups in total. The van der Waals surface area contributed by atoms with E-state index in [2.05, 4.69) is 17.2 Å². The summed E-state index contributed by atoms with van der Waals surface area (Å²) >= 11 is 0. The summed E-state index contributed by atoms with van der Waals surface area (Å²) in [5, 5.41) is 12.6. The van der Waals surface area contributed by atoms with E-state index in [0.29, 0.717) is 18.0 Å². The van der Waals surface area contributed by atoms with Gasteiger partial charge in [0.25, 0.3) is 0 Å². The zero-order valence-corrected chi connectivity index (χ0v) is 20.7. The third-order valence-electron chi connectivity index (χ3n) is 5.99. The SMILES string of the molecule is CCCNC(=O)N(C)C[C@H]1Oc2cc(C#CC3CC3)ccc2S(=O)(=O)N([C@H](C)CO)C[C@@H]1C. The molecule has 0 unspecified atom stereocenters. The standard InChI is InChI=1S/C24H35N3O5S/c1-5-12-25-24(29)26(4)15-22-17(2)14-27(18(3)16-28)33(30,31)23-11-10-20(13-21(23)32-22)9-8-19-6-7-19/h10-11,13,17-19,22,28H,5-7,12,14-16H2,1-4H3,(H,25,29)/t17-,18+,22+/m0/s1. The fraction of sp³-hybridized carbons (Fsp3) is 0.625. The lowest BCUT2D eigenvalue weighted by molar-refractivity contribution is 0.0812. The molecule has 2 amide bonds. The quantitative estimate of drug-likeness (QED) is 0.613. The number of nitrogens with one attached hydrogen (secondary N) is 1. The molecule has 1 fully saturated rings. The highest BCUT2D eigenvalue weighted by Gasteiger charge is 2.38. The maximum Gasteiger partial charge on any atom is 0.317 e. The number of urea groups is 1. The normalized spacial score (nSPS) is 23.1. The zero-order chi connectivity index (χ0) is 24.2. The molecule has 3 atom stereocenters. The number of hydrogen-bond acceptors (Lipinski definition) is 5. The number of carbonyl (C=O) groups excluding carboxylic acids is 1. The average molecular weight is 478 g/mol. The second-order valence-electron chi connectivity index (χ2n) is 9.06. The predicted octanol–water partition coefficient (Wildman–Crippen LogP) is 2.27. The Morgan fingerprint density at radius 3 is 2.76 bits per heavy atom. The number of fused-ring (bicyclic) bond motifs is 1. The molecule has 0 aromatic heterocycles. The van der Waals surface area contributed by atoms with Crippen LogP contribution in [-0.2, 0) is 10.0 Å². The number of amides is 2. The van der Waals surface area contributed by atoms with Gasteiger partial charge in [0.1, 0.15) is 16.7 Å². The number of aliphatic hydroxyl groups excluding tert-OH is 1. The Bertz CT molecular complexity index is 1010. The Labute approximate surface area is 197 Å². The van der Waals surface area contributed by atoms with Crippen molar-refractivity contribution in [1.29, 1.82) is 0 Å². The van der Waals surface area contributed by atoms with Crippen LogP contribution in [0.15, 0.2) is 23.1 Å². The number of benzene rings is 1. The minimum absolute atomic E-state index is 0.0507. The molecule has 3 rings (SSSR count). The van der Waals surface area contributed by atoms with Crippen LogP contribution in [0.4, 0.5) is 4.79 Å². The Balaban J connectivity index is 1.97. The number of carbonyl (C=O) groups is 1. The first-order valence-corrected chi connectivity index (χ1v) is 13.0. The predicted molar refractivity (Wildman–Crippen MR) is 126 cm³/mol. The fourth-order valence-electron chi connectivity index (χ4n) is 3.65. The van der Waals surface area contributed by atoms with Crippen LogP contribution in [0.5, 0.6) is 5.75 Å². The van der Waals surface area contributed by atoms with Gasteiger partial charge in [0.05, 0.1) is 13.2 Å². The Kier molecular flexibility index (Phi) is 8.27. The van der Waals surface area contributed by atoms with Crippen molar-refractivity contribution in [3.8, 4) is 17.6 Å². The minimum Gasteiger partial charge on any atom is -0.487 e. The van der Waals surface area contributed by atoms with E-state index >= 15 is 0 Å². The van der Waals surface area contributed by atoms with E-state index in [1.54, 1.807) is 31.0 Å². The van der Waals surface area contributed by atoms with E-state index in [4.69, 9.17) is 4.74 Å². The first-order chi connectivity index (χ1) is 15.7. The van der Waals surface area contributed by atoms with E-state index in [0.717, 1.165) is 19.3 Å². The average Bonchev–Trinajstić information content (AvgIpc) is 3.62. The molecule has 0 saturated heterocycles. The molecule has 0 spiro atoms. The molecule has 1 aromatic carbocycles. The summed E-state index contributed by atoms with van der Waals surface area (Å²) in [7, 11) is -2.20. The molecular formula is C24H35N3O5S. The number of likely N-dealkylation sites (N-methyl/N-ethyl adjacent to an activating group) is 1. The lowest BCUT2D eigenvalue weighted by atomic mass is 10.0. The lowest BCUT2D eigenvalue weighted by Crippen LogP contribution is -2.51. The molecule has 0 radical (unpaired) electrons. The number of hydrogen-bond donors (Lipinski definition) is 2. The van der Waals surface area contributed by atoms with Crippen LogP contribution in [0.2, 0.25) is 0 Å². The minimum atomic E-state index is -3.90. The molecule has 182 valence electrons. The van der Waals surface area contributed by atoms with Gasteiger partial charge in [0.2, 0.25) is 10.0 Å². The topological polar surface area (TPSA) is 99.2 Å². The van der Waals surface area contributed by atoms with Crippen molar-refractivity contribution in [2.75, 3.05) is 33.3 Å². The van der Waals surface area contributed by atoms with Gasteiger partial charge in [0.15, 0.2) is 0 Å². The fourth-order valence-corrected chi connectivity index (χ4v) is 5.48. The van der Waals surface area contributed by atoms with Gasteiger partial charge in [-0.15, -0.1) is 0 Å². The summed E-state index contributed by atoms with van der Waals surface area (Å²) in [6, 6.07) is 4.10. The summed E-state index contributed by atoms with van der Waals surface area (Å²) < 4.78 is 34.6. The number of ether oxygens (including phenoxy) is 1. The van der Waals surface area contributed by atoms with E-state index in [1.807, 2.05) is 13.8 Å². The molecule has 1 heterocycles. The van der Waals surface area contributed by atoms with Gasteiger partial charge < -0.3 is 20.1 Å². The molecular weight excluding hydrogens is 442 g/mol. The van der Waals surface area contributed by atoms with Crippen molar-refractivity contribution < 1.29 is 23.1 Å². The monoisotopic (exact) mass is 477 g/mol. The van der Waals surface area contributed by atoms with E-state index in [9.17, 15) is 18.3 Å². The third kappa shape index (κ3) is 6.19. The van der Waals surface area contributed by atoms with Crippen molar-refractivity contribution in [3.63, 3.8) is 0 Å². The number of aliphatic hydroxyl groups is 1. The van der Waals surface area contributed by atoms with Crippen LogP contribution in [0.3, 0.4) is 0 Å². The molecule has 8 nitrogen and oxygen atoms in total. The molecule has 2 aliphatic rings. The van der Waals surface area contributed by atoms with Gasteiger partial charge in [-0.2, -0.15) is 4.31 Å². The molecule has 9 heteroatoms. The Morgan fingerprint density at radius 2 is 2.12 bits per heavy atom. The molecule has 1 aliphatic heterocycles. The van der Waals surface area contributed by atoms with Crippen LogP contribution >= 0.6 is 0 Å². The second-order valence-corrected chi connectivity index (χ2v) is 10.9. The van der Waals surface area contributed by atoms with Crippen LogP contribution in [-0.4, -0.2) is 74.2 Å². The van der Waals surface area contributed by atoms with Gasteiger partial charge in [0, 0.05) is 43.6 Å².